The van der Waals surface area contributed by atoms with Crippen molar-refractivity contribution in [2.75, 3.05) is 6.16 Å². The van der Waals surface area contributed by atoms with Crippen LogP contribution in [0.2, 0.25) is 0 Å². The van der Waals surface area contributed by atoms with Crippen molar-refractivity contribution in [3.05, 3.63) is 108 Å². The third kappa shape index (κ3) is 6.33. The molecule has 1 heteroatoms. The summed E-state index contributed by atoms with van der Waals surface area (Å²) in [7, 11) is 2.88. The normalized spacial score (nSPS) is 11.4. The molecule has 0 N–H and O–H groups in total. The van der Waals surface area contributed by atoms with E-state index in [0.717, 1.165) is 19.3 Å². The van der Waals surface area contributed by atoms with Gasteiger partial charge in [-0.25, -0.2) is 0 Å². The van der Waals surface area contributed by atoms with Gasteiger partial charge in [0.2, 0.25) is 0 Å². The van der Waals surface area contributed by atoms with Gasteiger partial charge in [0.1, 0.15) is 0 Å². The van der Waals surface area contributed by atoms with E-state index < -0.39 is 0 Å². The number of benzene rings is 3. The highest BCUT2D eigenvalue weighted by Crippen LogP contribution is 2.37. The van der Waals surface area contributed by atoms with Crippen molar-refractivity contribution in [2.24, 2.45) is 5.41 Å². The van der Waals surface area contributed by atoms with E-state index in [0.29, 0.717) is 0 Å². The van der Waals surface area contributed by atoms with E-state index >= 15 is 0 Å². The zero-order valence-electron chi connectivity index (χ0n) is 16.2. The third-order valence-corrected chi connectivity index (χ3v) is 5.84. The summed E-state index contributed by atoms with van der Waals surface area (Å²) < 4.78 is 0. The van der Waals surface area contributed by atoms with Crippen molar-refractivity contribution < 1.29 is 0 Å². The van der Waals surface area contributed by atoms with Crippen LogP contribution >= 0.6 is 9.24 Å². The van der Waals surface area contributed by atoms with Crippen LogP contribution in [-0.2, 0) is 19.3 Å². The summed E-state index contributed by atoms with van der Waals surface area (Å²) in [6.07, 6.45) is 8.43. The fourth-order valence-corrected chi connectivity index (χ4v) is 4.47. The van der Waals surface area contributed by atoms with Crippen LogP contribution in [-0.4, -0.2) is 6.16 Å². The summed E-state index contributed by atoms with van der Waals surface area (Å²) in [5, 5.41) is 0. The second-order valence-corrected chi connectivity index (χ2v) is 8.31. The van der Waals surface area contributed by atoms with Crippen molar-refractivity contribution >= 4 is 9.24 Å². The van der Waals surface area contributed by atoms with E-state index in [1.54, 1.807) is 0 Å². The lowest BCUT2D eigenvalue weighted by atomic mass is 9.69. The largest absolute Gasteiger partial charge is 0.138 e. The van der Waals surface area contributed by atoms with Gasteiger partial charge in [-0.1, -0.05) is 97.4 Å². The molecule has 1 atom stereocenters. The lowest BCUT2D eigenvalue weighted by molar-refractivity contribution is 0.246. The Morgan fingerprint density at radius 3 is 1.22 bits per heavy atom. The average Bonchev–Trinajstić information content (AvgIpc) is 2.70. The van der Waals surface area contributed by atoms with E-state index in [4.69, 9.17) is 0 Å². The first-order valence-electron chi connectivity index (χ1n) is 10.1. The molecule has 3 rings (SSSR count). The number of rotatable bonds is 10. The minimum atomic E-state index is 0.254. The molecule has 140 valence electrons. The molecular formula is C26H31P. The molecular weight excluding hydrogens is 343 g/mol. The zero-order chi connectivity index (χ0) is 18.8. The standard InChI is InChI=1S/C26H31P/c27-19-11-10-18-26(20-23-12-4-1-5-13-23,21-24-14-6-2-7-15-24)22-25-16-8-3-9-17-25/h1-9,12-17H,10-11,18-22,27H2. The Labute approximate surface area is 167 Å². The number of unbranched alkanes of at least 4 members (excludes halogenated alkanes) is 1. The van der Waals surface area contributed by atoms with E-state index in [1.807, 2.05) is 0 Å². The molecule has 0 fully saturated rings. The molecule has 0 spiro atoms. The van der Waals surface area contributed by atoms with Crippen LogP contribution in [0.5, 0.6) is 0 Å². The highest BCUT2D eigenvalue weighted by atomic mass is 31.0. The molecule has 0 radical (unpaired) electrons. The zero-order valence-corrected chi connectivity index (χ0v) is 17.3. The van der Waals surface area contributed by atoms with Crippen LogP contribution in [0.3, 0.4) is 0 Å². The van der Waals surface area contributed by atoms with Crippen molar-refractivity contribution in [2.45, 2.75) is 38.5 Å². The number of hydrogen-bond donors (Lipinski definition) is 0. The topological polar surface area (TPSA) is 0 Å². The lowest BCUT2D eigenvalue weighted by Crippen LogP contribution is -2.30. The Hall–Kier alpha value is -1.91. The van der Waals surface area contributed by atoms with Gasteiger partial charge in [0.25, 0.3) is 0 Å². The van der Waals surface area contributed by atoms with Crippen molar-refractivity contribution in [1.29, 1.82) is 0 Å². The van der Waals surface area contributed by atoms with Gasteiger partial charge in [-0.05, 0) is 60.4 Å². The van der Waals surface area contributed by atoms with Crippen LogP contribution in [0.4, 0.5) is 0 Å². The van der Waals surface area contributed by atoms with Crippen molar-refractivity contribution in [3.63, 3.8) is 0 Å². The molecule has 0 aliphatic rings. The van der Waals surface area contributed by atoms with Gasteiger partial charge < -0.3 is 0 Å². The average molecular weight is 375 g/mol. The smallest absolute Gasteiger partial charge is 0.0176 e. The SMILES string of the molecule is PCCCCC(Cc1ccccc1)(Cc1ccccc1)Cc1ccccc1. The van der Waals surface area contributed by atoms with E-state index in [9.17, 15) is 0 Å². The van der Waals surface area contributed by atoms with Crippen LogP contribution in [0.15, 0.2) is 91.0 Å². The minimum Gasteiger partial charge on any atom is -0.138 e. The monoisotopic (exact) mass is 374 g/mol. The Morgan fingerprint density at radius 2 is 0.889 bits per heavy atom. The molecule has 0 saturated carbocycles. The lowest BCUT2D eigenvalue weighted by Gasteiger charge is -2.35. The van der Waals surface area contributed by atoms with E-state index in [-0.39, 0.29) is 5.41 Å². The first-order chi connectivity index (χ1) is 13.3. The molecule has 0 aliphatic carbocycles. The second-order valence-electron chi connectivity index (χ2n) is 7.73. The molecule has 0 amide bonds. The van der Waals surface area contributed by atoms with E-state index in [1.165, 1.54) is 42.1 Å². The Morgan fingerprint density at radius 1 is 0.519 bits per heavy atom. The molecule has 27 heavy (non-hydrogen) atoms. The summed E-state index contributed by atoms with van der Waals surface area (Å²) >= 11 is 0. The molecule has 0 saturated heterocycles. The molecule has 0 nitrogen and oxygen atoms in total. The maximum Gasteiger partial charge on any atom is -0.0176 e. The third-order valence-electron chi connectivity index (χ3n) is 5.43. The van der Waals surface area contributed by atoms with Gasteiger partial charge in [-0.3, -0.25) is 0 Å². The van der Waals surface area contributed by atoms with Crippen LogP contribution in [0.25, 0.3) is 0 Å². The van der Waals surface area contributed by atoms with Gasteiger partial charge in [-0.2, -0.15) is 0 Å². The molecule has 3 aromatic carbocycles. The van der Waals surface area contributed by atoms with Gasteiger partial charge in [-0.15, -0.1) is 9.24 Å². The highest BCUT2D eigenvalue weighted by Gasteiger charge is 2.30. The second kappa shape index (κ2) is 10.4. The Balaban J connectivity index is 1.93. The van der Waals surface area contributed by atoms with Gasteiger partial charge in [0, 0.05) is 0 Å². The van der Waals surface area contributed by atoms with Gasteiger partial charge >= 0.3 is 0 Å². The summed E-state index contributed by atoms with van der Waals surface area (Å²) in [5.74, 6) is 0. The molecule has 0 bridgehead atoms. The first-order valence-corrected chi connectivity index (χ1v) is 10.9. The Bertz CT molecular complexity index is 664. The molecule has 0 aromatic heterocycles. The maximum absolute atomic E-state index is 2.88. The summed E-state index contributed by atoms with van der Waals surface area (Å²) in [5.41, 5.74) is 4.62. The van der Waals surface area contributed by atoms with Crippen LogP contribution in [0, 0.1) is 5.41 Å². The van der Waals surface area contributed by atoms with Gasteiger partial charge in [0.05, 0.1) is 0 Å². The quantitative estimate of drug-likeness (QED) is 0.272. The fourth-order valence-electron chi connectivity index (χ4n) is 4.18. The van der Waals surface area contributed by atoms with Crippen LogP contribution < -0.4 is 0 Å². The predicted octanol–water partition coefficient (Wildman–Crippen LogP) is 6.75. The first kappa shape index (κ1) is 19.8. The molecule has 1 unspecified atom stereocenters. The highest BCUT2D eigenvalue weighted by molar-refractivity contribution is 7.16. The van der Waals surface area contributed by atoms with Gasteiger partial charge in [0.15, 0.2) is 0 Å². The fraction of sp³-hybridized carbons (Fsp3) is 0.308. The predicted molar refractivity (Wildman–Crippen MR) is 121 cm³/mol. The maximum atomic E-state index is 2.88. The van der Waals surface area contributed by atoms with Crippen molar-refractivity contribution in [3.8, 4) is 0 Å². The Kier molecular flexibility index (Phi) is 7.66. The van der Waals surface area contributed by atoms with Crippen molar-refractivity contribution in [1.82, 2.24) is 0 Å². The molecule has 0 heterocycles. The molecule has 3 aromatic rings. The minimum absolute atomic E-state index is 0.254. The van der Waals surface area contributed by atoms with Crippen LogP contribution in [0.1, 0.15) is 36.0 Å². The number of hydrogen-bond acceptors (Lipinski definition) is 0. The summed E-state index contributed by atoms with van der Waals surface area (Å²) in [6.45, 7) is 0. The molecule has 0 aliphatic heterocycles. The van der Waals surface area contributed by atoms with E-state index in [2.05, 4.69) is 100 Å². The summed E-state index contributed by atoms with van der Waals surface area (Å²) in [4.78, 5) is 0. The summed E-state index contributed by atoms with van der Waals surface area (Å²) in [6, 6.07) is 33.2.